The van der Waals surface area contributed by atoms with Gasteiger partial charge < -0.3 is 9.64 Å². The number of rotatable bonds is 3. The lowest BCUT2D eigenvalue weighted by atomic mass is 10.1. The van der Waals surface area contributed by atoms with E-state index in [9.17, 15) is 4.79 Å². The molecule has 5 rings (SSSR count). The highest BCUT2D eigenvalue weighted by Crippen LogP contribution is 2.50. The van der Waals surface area contributed by atoms with Gasteiger partial charge in [-0.15, -0.1) is 0 Å². The number of aryl methyl sites for hydroxylation is 1. The molecular weight excluding hydrogens is 328 g/mol. The van der Waals surface area contributed by atoms with Crippen molar-refractivity contribution in [1.29, 1.82) is 0 Å². The van der Waals surface area contributed by atoms with Crippen LogP contribution in [0, 0.1) is 6.92 Å². The highest BCUT2D eigenvalue weighted by atomic mass is 16.5. The van der Waals surface area contributed by atoms with Gasteiger partial charge in [0.15, 0.2) is 5.72 Å². The molecule has 1 aromatic heterocycles. The topological polar surface area (TPSA) is 58.6 Å². The van der Waals surface area contributed by atoms with Gasteiger partial charge in [0.1, 0.15) is 11.9 Å². The van der Waals surface area contributed by atoms with Crippen molar-refractivity contribution >= 4 is 5.91 Å². The number of carbonyl (C=O) groups is 1. The van der Waals surface area contributed by atoms with E-state index in [1.165, 1.54) is 0 Å². The molecule has 0 aliphatic carbocycles. The third-order valence-electron chi connectivity index (χ3n) is 5.91. The third-order valence-corrected chi connectivity index (χ3v) is 5.91. The SMILES string of the molecule is Cc1nccc(CN2CC[C@@]34O[C@@H](c5ccccc5)CN3C(=O)C[C@@H]24)n1. The van der Waals surface area contributed by atoms with Crippen LogP contribution in [-0.4, -0.2) is 50.5 Å². The predicted molar refractivity (Wildman–Crippen MR) is 94.9 cm³/mol. The number of nitrogens with zero attached hydrogens (tertiary/aromatic N) is 4. The van der Waals surface area contributed by atoms with E-state index in [1.807, 2.05) is 36.1 Å². The molecule has 1 amide bonds. The molecule has 2 aromatic rings. The standard InChI is InChI=1S/C20H22N4O2/c1-14-21-9-7-16(22-14)12-23-10-8-20-18(23)11-19(25)24(20)13-17(26-20)15-5-3-2-4-6-15/h2-7,9,17-18H,8,10-13H2,1H3/t17-,18-,20+/m1/s1. The Balaban J connectivity index is 1.40. The monoisotopic (exact) mass is 350 g/mol. The number of hydrogen-bond acceptors (Lipinski definition) is 5. The summed E-state index contributed by atoms with van der Waals surface area (Å²) in [4.78, 5) is 25.7. The summed E-state index contributed by atoms with van der Waals surface area (Å²) in [6.45, 7) is 4.20. The van der Waals surface area contributed by atoms with Gasteiger partial charge in [-0.3, -0.25) is 9.69 Å². The summed E-state index contributed by atoms with van der Waals surface area (Å²) in [5, 5.41) is 0. The van der Waals surface area contributed by atoms with E-state index in [2.05, 4.69) is 27.0 Å². The fourth-order valence-electron chi connectivity index (χ4n) is 4.74. The molecule has 0 unspecified atom stereocenters. The molecule has 6 nitrogen and oxygen atoms in total. The van der Waals surface area contributed by atoms with Gasteiger partial charge in [-0.05, 0) is 18.6 Å². The summed E-state index contributed by atoms with van der Waals surface area (Å²) in [5.41, 5.74) is 1.67. The van der Waals surface area contributed by atoms with Crippen LogP contribution >= 0.6 is 0 Å². The molecule has 26 heavy (non-hydrogen) atoms. The van der Waals surface area contributed by atoms with E-state index >= 15 is 0 Å². The van der Waals surface area contributed by atoms with Gasteiger partial charge in [0.2, 0.25) is 5.91 Å². The molecular formula is C20H22N4O2. The Kier molecular flexibility index (Phi) is 3.58. The molecule has 0 radical (unpaired) electrons. The predicted octanol–water partition coefficient (Wildman–Crippen LogP) is 2.06. The lowest BCUT2D eigenvalue weighted by Gasteiger charge is -2.32. The number of ether oxygens (including phenoxy) is 1. The van der Waals surface area contributed by atoms with Crippen LogP contribution in [0.15, 0.2) is 42.6 Å². The van der Waals surface area contributed by atoms with Crippen LogP contribution in [0.3, 0.4) is 0 Å². The second kappa shape index (κ2) is 5.86. The van der Waals surface area contributed by atoms with Gasteiger partial charge in [0.25, 0.3) is 0 Å². The Morgan fingerprint density at radius 1 is 1.27 bits per heavy atom. The van der Waals surface area contributed by atoms with Crippen LogP contribution in [-0.2, 0) is 16.1 Å². The van der Waals surface area contributed by atoms with Gasteiger partial charge in [-0.25, -0.2) is 9.97 Å². The number of amides is 1. The first-order chi connectivity index (χ1) is 12.7. The summed E-state index contributed by atoms with van der Waals surface area (Å²) >= 11 is 0. The van der Waals surface area contributed by atoms with E-state index in [4.69, 9.17) is 4.74 Å². The number of hydrogen-bond donors (Lipinski definition) is 0. The zero-order valence-electron chi connectivity index (χ0n) is 14.8. The highest BCUT2D eigenvalue weighted by molar-refractivity contribution is 5.81. The highest BCUT2D eigenvalue weighted by Gasteiger charge is 2.63. The van der Waals surface area contributed by atoms with E-state index in [1.54, 1.807) is 6.20 Å². The first-order valence-corrected chi connectivity index (χ1v) is 9.21. The zero-order valence-corrected chi connectivity index (χ0v) is 14.8. The maximum Gasteiger partial charge on any atom is 0.226 e. The average Bonchev–Trinajstić information content (AvgIpc) is 3.26. The minimum Gasteiger partial charge on any atom is -0.344 e. The maximum atomic E-state index is 12.7. The number of benzene rings is 1. The zero-order chi connectivity index (χ0) is 17.7. The Morgan fingerprint density at radius 2 is 2.12 bits per heavy atom. The van der Waals surface area contributed by atoms with Crippen molar-refractivity contribution in [1.82, 2.24) is 19.8 Å². The van der Waals surface area contributed by atoms with Crippen LogP contribution in [0.5, 0.6) is 0 Å². The molecule has 0 saturated carbocycles. The van der Waals surface area contributed by atoms with Crippen LogP contribution in [0.1, 0.15) is 36.0 Å². The Bertz CT molecular complexity index is 843. The molecule has 3 saturated heterocycles. The summed E-state index contributed by atoms with van der Waals surface area (Å²) < 4.78 is 6.58. The van der Waals surface area contributed by atoms with E-state index in [0.29, 0.717) is 13.0 Å². The quantitative estimate of drug-likeness (QED) is 0.848. The van der Waals surface area contributed by atoms with E-state index < -0.39 is 5.72 Å². The number of likely N-dealkylation sites (tertiary alicyclic amines) is 1. The Labute approximate surface area is 152 Å². The van der Waals surface area contributed by atoms with Gasteiger partial charge in [0.05, 0.1) is 18.3 Å². The molecule has 1 aromatic carbocycles. The van der Waals surface area contributed by atoms with Gasteiger partial charge in [-0.2, -0.15) is 0 Å². The minimum atomic E-state index is -0.473. The largest absolute Gasteiger partial charge is 0.344 e. The van der Waals surface area contributed by atoms with E-state index in [0.717, 1.165) is 36.6 Å². The van der Waals surface area contributed by atoms with Crippen molar-refractivity contribution in [3.05, 3.63) is 59.7 Å². The van der Waals surface area contributed by atoms with Crippen molar-refractivity contribution in [2.75, 3.05) is 13.1 Å². The lowest BCUT2D eigenvalue weighted by Crippen LogP contribution is -2.47. The van der Waals surface area contributed by atoms with Crippen LogP contribution in [0.25, 0.3) is 0 Å². The molecule has 3 aliphatic heterocycles. The first-order valence-electron chi connectivity index (χ1n) is 9.21. The molecule has 4 heterocycles. The smallest absolute Gasteiger partial charge is 0.226 e. The first kappa shape index (κ1) is 15.9. The normalized spacial score (nSPS) is 30.7. The molecule has 3 fully saturated rings. The van der Waals surface area contributed by atoms with Gasteiger partial charge >= 0.3 is 0 Å². The lowest BCUT2D eigenvalue weighted by molar-refractivity contribution is -0.138. The number of aromatic nitrogens is 2. The fraction of sp³-hybridized carbons (Fsp3) is 0.450. The van der Waals surface area contributed by atoms with Gasteiger partial charge in [0, 0.05) is 32.1 Å². The molecule has 6 heteroatoms. The van der Waals surface area contributed by atoms with Crippen LogP contribution in [0.4, 0.5) is 0 Å². The van der Waals surface area contributed by atoms with Crippen molar-refractivity contribution in [3.8, 4) is 0 Å². The Hall–Kier alpha value is -2.31. The molecule has 134 valence electrons. The van der Waals surface area contributed by atoms with Crippen molar-refractivity contribution in [2.24, 2.45) is 0 Å². The fourth-order valence-corrected chi connectivity index (χ4v) is 4.74. The third kappa shape index (κ3) is 2.36. The maximum absolute atomic E-state index is 12.7. The summed E-state index contributed by atoms with van der Waals surface area (Å²) in [6, 6.07) is 12.3. The minimum absolute atomic E-state index is 0.0378. The molecule has 1 spiro atoms. The van der Waals surface area contributed by atoms with Gasteiger partial charge in [-0.1, -0.05) is 30.3 Å². The molecule has 0 bridgehead atoms. The molecule has 3 aliphatic rings. The van der Waals surface area contributed by atoms with Crippen molar-refractivity contribution in [2.45, 2.75) is 44.2 Å². The average molecular weight is 350 g/mol. The Morgan fingerprint density at radius 3 is 2.92 bits per heavy atom. The van der Waals surface area contributed by atoms with E-state index in [-0.39, 0.29) is 18.1 Å². The van der Waals surface area contributed by atoms with Crippen molar-refractivity contribution < 1.29 is 9.53 Å². The molecule has 0 N–H and O–H groups in total. The summed E-state index contributed by atoms with van der Waals surface area (Å²) in [7, 11) is 0. The molecule has 3 atom stereocenters. The second-order valence-corrected chi connectivity index (χ2v) is 7.40. The van der Waals surface area contributed by atoms with Crippen molar-refractivity contribution in [3.63, 3.8) is 0 Å². The summed E-state index contributed by atoms with van der Waals surface area (Å²) in [5.74, 6) is 0.985. The van der Waals surface area contributed by atoms with Crippen LogP contribution < -0.4 is 0 Å². The second-order valence-electron chi connectivity index (χ2n) is 7.40. The van der Waals surface area contributed by atoms with Crippen LogP contribution in [0.2, 0.25) is 0 Å². The summed E-state index contributed by atoms with van der Waals surface area (Å²) in [6.07, 6.45) is 3.15. The number of carbonyl (C=O) groups excluding carboxylic acids is 1.